The minimum Gasteiger partial charge on any atom is -0.392 e. The summed E-state index contributed by atoms with van der Waals surface area (Å²) >= 11 is 0. The van der Waals surface area contributed by atoms with Gasteiger partial charge in [0.05, 0.1) is 18.2 Å². The van der Waals surface area contributed by atoms with E-state index in [-0.39, 0.29) is 18.0 Å². The number of nitrogens with one attached hydrogen (secondary N) is 2. The molecular formula is C17H24N2O2. The van der Waals surface area contributed by atoms with E-state index in [0.717, 1.165) is 6.42 Å². The number of β-amino-alcohol motifs (C(OH)–C–C–N with tert-alkyl or cyclic N) is 1. The number of rotatable bonds is 3. The number of amides is 1. The fourth-order valence-corrected chi connectivity index (χ4v) is 3.34. The molecule has 1 aromatic carbocycles. The van der Waals surface area contributed by atoms with Gasteiger partial charge in [0, 0.05) is 6.54 Å². The molecule has 4 heteroatoms. The first kappa shape index (κ1) is 14.5. The topological polar surface area (TPSA) is 61.4 Å². The van der Waals surface area contributed by atoms with Crippen LogP contribution in [0.15, 0.2) is 18.2 Å². The Hall–Kier alpha value is -1.39. The maximum atomic E-state index is 12.2. The van der Waals surface area contributed by atoms with Crippen LogP contribution in [0.1, 0.15) is 48.9 Å². The normalized spacial score (nSPS) is 26.2. The van der Waals surface area contributed by atoms with Crippen molar-refractivity contribution in [3.8, 4) is 0 Å². The maximum absolute atomic E-state index is 12.2. The van der Waals surface area contributed by atoms with E-state index in [1.807, 2.05) is 6.92 Å². The Labute approximate surface area is 125 Å². The van der Waals surface area contributed by atoms with Crippen LogP contribution in [0.2, 0.25) is 0 Å². The molecule has 1 aromatic rings. The van der Waals surface area contributed by atoms with Crippen LogP contribution in [0.3, 0.4) is 0 Å². The molecule has 0 bridgehead atoms. The second-order valence-corrected chi connectivity index (χ2v) is 6.32. The molecule has 3 rings (SSSR count). The van der Waals surface area contributed by atoms with Crippen molar-refractivity contribution in [3.63, 3.8) is 0 Å². The van der Waals surface area contributed by atoms with Crippen LogP contribution in [0, 0.1) is 0 Å². The van der Waals surface area contributed by atoms with Crippen molar-refractivity contribution in [1.29, 1.82) is 0 Å². The molecule has 21 heavy (non-hydrogen) atoms. The van der Waals surface area contributed by atoms with E-state index >= 15 is 0 Å². The van der Waals surface area contributed by atoms with Crippen molar-refractivity contribution >= 4 is 5.91 Å². The van der Waals surface area contributed by atoms with Crippen LogP contribution >= 0.6 is 0 Å². The summed E-state index contributed by atoms with van der Waals surface area (Å²) < 4.78 is 0. The van der Waals surface area contributed by atoms with E-state index in [1.54, 1.807) is 0 Å². The quantitative estimate of drug-likeness (QED) is 0.789. The summed E-state index contributed by atoms with van der Waals surface area (Å²) in [7, 11) is 0. The highest BCUT2D eigenvalue weighted by Gasteiger charge is 2.28. The Morgan fingerprint density at radius 2 is 2.10 bits per heavy atom. The van der Waals surface area contributed by atoms with Gasteiger partial charge in [-0.25, -0.2) is 0 Å². The van der Waals surface area contributed by atoms with Crippen LogP contribution in [-0.4, -0.2) is 29.7 Å². The zero-order valence-corrected chi connectivity index (χ0v) is 12.6. The van der Waals surface area contributed by atoms with Gasteiger partial charge in [-0.05, 0) is 55.7 Å². The van der Waals surface area contributed by atoms with Gasteiger partial charge in [-0.2, -0.15) is 0 Å². The van der Waals surface area contributed by atoms with Gasteiger partial charge < -0.3 is 15.7 Å². The molecule has 1 fully saturated rings. The third-order valence-corrected chi connectivity index (χ3v) is 4.66. The SMILES string of the molecule is CC(NC(=O)C1CC(O)CN1)c1ccc2c(c1)CCCC2. The lowest BCUT2D eigenvalue weighted by Crippen LogP contribution is -2.41. The summed E-state index contributed by atoms with van der Waals surface area (Å²) in [5.74, 6) is -0.0169. The van der Waals surface area contributed by atoms with Gasteiger partial charge >= 0.3 is 0 Å². The standard InChI is InChI=1S/C17H24N2O2/c1-11(19-17(21)16-9-15(20)10-18-16)13-7-6-12-4-2-3-5-14(12)8-13/h6-8,11,15-16,18,20H,2-5,9-10H2,1H3,(H,19,21). The van der Waals surface area contributed by atoms with Crippen LogP contribution in [0.4, 0.5) is 0 Å². The number of aliphatic hydroxyl groups excluding tert-OH is 1. The largest absolute Gasteiger partial charge is 0.392 e. The second kappa shape index (κ2) is 6.16. The Morgan fingerprint density at radius 1 is 1.33 bits per heavy atom. The molecule has 3 unspecified atom stereocenters. The predicted octanol–water partition coefficient (Wildman–Crippen LogP) is 1.47. The van der Waals surface area contributed by atoms with Gasteiger partial charge in [0.15, 0.2) is 0 Å². The fraction of sp³-hybridized carbons (Fsp3) is 0.588. The smallest absolute Gasteiger partial charge is 0.237 e. The average Bonchev–Trinajstić information content (AvgIpc) is 2.93. The number of aryl methyl sites for hydroxylation is 2. The first-order chi connectivity index (χ1) is 10.1. The molecule has 4 nitrogen and oxygen atoms in total. The first-order valence-corrected chi connectivity index (χ1v) is 7.97. The van der Waals surface area contributed by atoms with E-state index in [2.05, 4.69) is 28.8 Å². The van der Waals surface area contributed by atoms with E-state index in [0.29, 0.717) is 13.0 Å². The summed E-state index contributed by atoms with van der Waals surface area (Å²) in [6.45, 7) is 2.53. The molecule has 0 saturated carbocycles. The lowest BCUT2D eigenvalue weighted by molar-refractivity contribution is -0.123. The number of fused-ring (bicyclic) bond motifs is 1. The van der Waals surface area contributed by atoms with E-state index in [9.17, 15) is 9.90 Å². The molecule has 0 aromatic heterocycles. The lowest BCUT2D eigenvalue weighted by atomic mass is 9.89. The van der Waals surface area contributed by atoms with Gasteiger partial charge in [-0.1, -0.05) is 18.2 Å². The minimum absolute atomic E-state index is 0.00395. The van der Waals surface area contributed by atoms with Crippen LogP contribution in [0.25, 0.3) is 0 Å². The summed E-state index contributed by atoms with van der Waals surface area (Å²) in [5, 5.41) is 15.6. The number of carbonyl (C=O) groups excluding carboxylic acids is 1. The van der Waals surface area contributed by atoms with Gasteiger partial charge in [0.2, 0.25) is 5.91 Å². The Bertz CT molecular complexity index is 530. The van der Waals surface area contributed by atoms with Crippen molar-refractivity contribution < 1.29 is 9.90 Å². The zero-order chi connectivity index (χ0) is 14.8. The summed E-state index contributed by atoms with van der Waals surface area (Å²) in [6, 6.07) is 6.33. The van der Waals surface area contributed by atoms with Crippen LogP contribution < -0.4 is 10.6 Å². The molecule has 1 aliphatic carbocycles. The molecule has 3 atom stereocenters. The molecule has 0 spiro atoms. The monoisotopic (exact) mass is 288 g/mol. The van der Waals surface area contributed by atoms with Gasteiger partial charge in [-0.3, -0.25) is 4.79 Å². The lowest BCUT2D eigenvalue weighted by Gasteiger charge is -2.21. The maximum Gasteiger partial charge on any atom is 0.237 e. The first-order valence-electron chi connectivity index (χ1n) is 7.97. The summed E-state index contributed by atoms with van der Waals surface area (Å²) in [6.07, 6.45) is 4.98. The molecular weight excluding hydrogens is 264 g/mol. The van der Waals surface area contributed by atoms with E-state index < -0.39 is 6.10 Å². The Morgan fingerprint density at radius 3 is 2.81 bits per heavy atom. The van der Waals surface area contributed by atoms with Gasteiger partial charge in [0.1, 0.15) is 0 Å². The Balaban J connectivity index is 1.65. The minimum atomic E-state index is -0.403. The van der Waals surface area contributed by atoms with Crippen LogP contribution in [0.5, 0.6) is 0 Å². The highest BCUT2D eigenvalue weighted by atomic mass is 16.3. The molecule has 1 saturated heterocycles. The molecule has 114 valence electrons. The zero-order valence-electron chi connectivity index (χ0n) is 12.6. The van der Waals surface area contributed by atoms with Gasteiger partial charge in [-0.15, -0.1) is 0 Å². The molecule has 2 aliphatic rings. The van der Waals surface area contributed by atoms with Crippen LogP contribution in [-0.2, 0) is 17.6 Å². The highest BCUT2D eigenvalue weighted by Crippen LogP contribution is 2.25. The Kier molecular flexibility index (Phi) is 4.27. The van der Waals surface area contributed by atoms with Crippen molar-refractivity contribution in [3.05, 3.63) is 34.9 Å². The second-order valence-electron chi connectivity index (χ2n) is 6.32. The predicted molar refractivity (Wildman–Crippen MR) is 82.1 cm³/mol. The average molecular weight is 288 g/mol. The third kappa shape index (κ3) is 3.27. The van der Waals surface area contributed by atoms with Gasteiger partial charge in [0.25, 0.3) is 0 Å². The summed E-state index contributed by atoms with van der Waals surface area (Å²) in [4.78, 5) is 12.2. The van der Waals surface area contributed by atoms with E-state index in [4.69, 9.17) is 0 Å². The molecule has 1 amide bonds. The number of hydrogen-bond donors (Lipinski definition) is 3. The third-order valence-electron chi connectivity index (χ3n) is 4.66. The number of hydrogen-bond acceptors (Lipinski definition) is 3. The highest BCUT2D eigenvalue weighted by molar-refractivity contribution is 5.82. The number of carbonyl (C=O) groups is 1. The van der Waals surface area contributed by atoms with Crippen molar-refractivity contribution in [2.45, 2.75) is 57.2 Å². The molecule has 0 radical (unpaired) electrons. The summed E-state index contributed by atoms with van der Waals surface area (Å²) in [5.41, 5.74) is 4.07. The van der Waals surface area contributed by atoms with E-state index in [1.165, 1.54) is 36.0 Å². The fourth-order valence-electron chi connectivity index (χ4n) is 3.34. The van der Waals surface area contributed by atoms with Crippen molar-refractivity contribution in [2.24, 2.45) is 0 Å². The molecule has 1 heterocycles. The molecule has 1 aliphatic heterocycles. The number of benzene rings is 1. The van der Waals surface area contributed by atoms with Crippen molar-refractivity contribution in [2.75, 3.05) is 6.54 Å². The van der Waals surface area contributed by atoms with Crippen molar-refractivity contribution in [1.82, 2.24) is 10.6 Å². The number of aliphatic hydroxyl groups is 1. The molecule has 3 N–H and O–H groups in total.